The Morgan fingerprint density at radius 3 is 2.95 bits per heavy atom. The number of benzene rings is 1. The van der Waals surface area contributed by atoms with Gasteiger partial charge in [0, 0.05) is 19.7 Å². The van der Waals surface area contributed by atoms with Gasteiger partial charge in [0.2, 0.25) is 0 Å². The quantitative estimate of drug-likeness (QED) is 0.736. The molecule has 0 unspecified atom stereocenters. The van der Waals surface area contributed by atoms with Crippen LogP contribution in [0.5, 0.6) is 0 Å². The lowest BCUT2D eigenvalue weighted by Gasteiger charge is -1.95. The van der Waals surface area contributed by atoms with Crippen LogP contribution >= 0.6 is 11.3 Å². The number of ether oxygens (including phenoxy) is 1. The highest BCUT2D eigenvalue weighted by Crippen LogP contribution is 2.26. The van der Waals surface area contributed by atoms with Crippen molar-refractivity contribution in [3.8, 4) is 11.4 Å². The van der Waals surface area contributed by atoms with Gasteiger partial charge in [-0.25, -0.2) is 9.97 Å². The van der Waals surface area contributed by atoms with Crippen molar-refractivity contribution in [2.75, 3.05) is 7.11 Å². The summed E-state index contributed by atoms with van der Waals surface area (Å²) in [6.45, 7) is 2.47. The third-order valence-corrected chi connectivity index (χ3v) is 3.83. The summed E-state index contributed by atoms with van der Waals surface area (Å²) in [5.41, 5.74) is 1.98. The minimum atomic E-state index is 0.460. The average molecular weight is 274 g/mol. The van der Waals surface area contributed by atoms with Crippen LogP contribution in [0.1, 0.15) is 10.8 Å². The van der Waals surface area contributed by atoms with Crippen LogP contribution in [0, 0.1) is 6.92 Å². The third kappa shape index (κ3) is 2.24. The fourth-order valence-corrected chi connectivity index (χ4v) is 2.78. The number of aromatic nitrogens is 4. The van der Waals surface area contributed by atoms with Crippen molar-refractivity contribution in [1.82, 2.24) is 19.7 Å². The molecule has 0 radical (unpaired) electrons. The SMILES string of the molecule is COCc1nc(-c2ccc3sc(C)nc3c2)nn1C. The normalized spacial score (nSPS) is 11.3. The second-order valence-corrected chi connectivity index (χ2v) is 5.56. The first-order chi connectivity index (χ1) is 9.17. The molecule has 5 nitrogen and oxygen atoms in total. The van der Waals surface area contributed by atoms with Crippen LogP contribution in [0.4, 0.5) is 0 Å². The van der Waals surface area contributed by atoms with E-state index in [2.05, 4.69) is 21.1 Å². The minimum absolute atomic E-state index is 0.460. The zero-order valence-electron chi connectivity index (χ0n) is 11.0. The number of rotatable bonds is 3. The van der Waals surface area contributed by atoms with Gasteiger partial charge < -0.3 is 4.74 Å². The summed E-state index contributed by atoms with van der Waals surface area (Å²) in [7, 11) is 3.52. The monoisotopic (exact) mass is 274 g/mol. The molecule has 0 aliphatic rings. The van der Waals surface area contributed by atoms with Crippen LogP contribution in [0.25, 0.3) is 21.6 Å². The molecule has 19 heavy (non-hydrogen) atoms. The molecule has 0 atom stereocenters. The Labute approximate surface area is 114 Å². The van der Waals surface area contributed by atoms with Crippen molar-refractivity contribution in [2.45, 2.75) is 13.5 Å². The first-order valence-corrected chi connectivity index (χ1v) is 6.75. The molecule has 0 saturated heterocycles. The number of aryl methyl sites for hydroxylation is 2. The summed E-state index contributed by atoms with van der Waals surface area (Å²) >= 11 is 1.70. The molecule has 6 heteroatoms. The molecular formula is C13H14N4OS. The molecule has 0 aliphatic heterocycles. The van der Waals surface area contributed by atoms with Gasteiger partial charge in [-0.3, -0.25) is 4.68 Å². The zero-order valence-corrected chi connectivity index (χ0v) is 11.9. The molecule has 0 spiro atoms. The van der Waals surface area contributed by atoms with Crippen LogP contribution in [0.15, 0.2) is 18.2 Å². The van der Waals surface area contributed by atoms with E-state index < -0.39 is 0 Å². The van der Waals surface area contributed by atoms with Gasteiger partial charge in [0.15, 0.2) is 11.6 Å². The Bertz CT molecular complexity index is 731. The first-order valence-electron chi connectivity index (χ1n) is 5.94. The van der Waals surface area contributed by atoms with E-state index in [4.69, 9.17) is 4.74 Å². The molecule has 98 valence electrons. The molecule has 0 amide bonds. The van der Waals surface area contributed by atoms with Gasteiger partial charge in [-0.05, 0) is 25.1 Å². The Morgan fingerprint density at radius 1 is 1.32 bits per heavy atom. The van der Waals surface area contributed by atoms with Gasteiger partial charge >= 0.3 is 0 Å². The number of hydrogen-bond acceptors (Lipinski definition) is 5. The van der Waals surface area contributed by atoms with Gasteiger partial charge in [0.25, 0.3) is 0 Å². The molecule has 0 aliphatic carbocycles. The van der Waals surface area contributed by atoms with Crippen molar-refractivity contribution >= 4 is 21.6 Å². The molecule has 3 rings (SSSR count). The number of fused-ring (bicyclic) bond motifs is 1. The Balaban J connectivity index is 2.05. The second kappa shape index (κ2) is 4.71. The van der Waals surface area contributed by atoms with Crippen molar-refractivity contribution in [3.63, 3.8) is 0 Å². The fourth-order valence-electron chi connectivity index (χ4n) is 1.98. The predicted molar refractivity (Wildman–Crippen MR) is 75.1 cm³/mol. The fraction of sp³-hybridized carbons (Fsp3) is 0.308. The minimum Gasteiger partial charge on any atom is -0.377 e. The summed E-state index contributed by atoms with van der Waals surface area (Å²) < 4.78 is 8.03. The number of hydrogen-bond donors (Lipinski definition) is 0. The summed E-state index contributed by atoms with van der Waals surface area (Å²) in [5.74, 6) is 1.52. The van der Waals surface area contributed by atoms with E-state index in [0.717, 1.165) is 21.9 Å². The molecule has 0 fully saturated rings. The number of methoxy groups -OCH3 is 1. The van der Waals surface area contributed by atoms with Gasteiger partial charge in [-0.15, -0.1) is 11.3 Å². The van der Waals surface area contributed by atoms with E-state index in [9.17, 15) is 0 Å². The van der Waals surface area contributed by atoms with E-state index in [-0.39, 0.29) is 0 Å². The Kier molecular flexibility index (Phi) is 3.04. The molecule has 0 saturated carbocycles. The van der Waals surface area contributed by atoms with Crippen molar-refractivity contribution in [1.29, 1.82) is 0 Å². The molecule has 0 bridgehead atoms. The predicted octanol–water partition coefficient (Wildman–Crippen LogP) is 2.55. The molecule has 2 aromatic heterocycles. The summed E-state index contributed by atoms with van der Waals surface area (Å²) in [6, 6.07) is 6.14. The topological polar surface area (TPSA) is 52.8 Å². The van der Waals surface area contributed by atoms with Gasteiger partial charge in [-0.2, -0.15) is 5.10 Å². The van der Waals surface area contributed by atoms with E-state index in [1.807, 2.05) is 26.1 Å². The second-order valence-electron chi connectivity index (χ2n) is 4.32. The molecule has 1 aromatic carbocycles. The lowest BCUT2D eigenvalue weighted by atomic mass is 10.2. The zero-order chi connectivity index (χ0) is 13.4. The largest absolute Gasteiger partial charge is 0.377 e. The lowest BCUT2D eigenvalue weighted by Crippen LogP contribution is -2.00. The van der Waals surface area contributed by atoms with E-state index in [1.165, 1.54) is 4.70 Å². The van der Waals surface area contributed by atoms with Crippen LogP contribution in [-0.2, 0) is 18.4 Å². The summed E-state index contributed by atoms with van der Waals surface area (Å²) in [6.07, 6.45) is 0. The van der Waals surface area contributed by atoms with Crippen molar-refractivity contribution in [3.05, 3.63) is 29.0 Å². The lowest BCUT2D eigenvalue weighted by molar-refractivity contribution is 0.174. The third-order valence-electron chi connectivity index (χ3n) is 2.88. The molecule has 3 aromatic rings. The molecule has 2 heterocycles. The molecular weight excluding hydrogens is 260 g/mol. The van der Waals surface area contributed by atoms with Gasteiger partial charge in [-0.1, -0.05) is 0 Å². The highest BCUT2D eigenvalue weighted by molar-refractivity contribution is 7.18. The van der Waals surface area contributed by atoms with E-state index >= 15 is 0 Å². The Morgan fingerprint density at radius 2 is 2.16 bits per heavy atom. The van der Waals surface area contributed by atoms with Gasteiger partial charge in [0.05, 0.1) is 15.2 Å². The highest BCUT2D eigenvalue weighted by Gasteiger charge is 2.10. The van der Waals surface area contributed by atoms with Crippen molar-refractivity contribution in [2.24, 2.45) is 7.05 Å². The maximum Gasteiger partial charge on any atom is 0.181 e. The maximum atomic E-state index is 5.10. The number of nitrogens with zero attached hydrogens (tertiary/aromatic N) is 4. The van der Waals surface area contributed by atoms with Crippen molar-refractivity contribution < 1.29 is 4.74 Å². The van der Waals surface area contributed by atoms with Crippen LogP contribution in [-0.4, -0.2) is 26.9 Å². The summed E-state index contributed by atoms with van der Waals surface area (Å²) in [4.78, 5) is 8.98. The number of thiazole rings is 1. The maximum absolute atomic E-state index is 5.10. The van der Waals surface area contributed by atoms with E-state index in [0.29, 0.717) is 12.4 Å². The average Bonchev–Trinajstić information content (AvgIpc) is 2.91. The standard InChI is InChI=1S/C13H14N4OS/c1-8-14-10-6-9(4-5-11(10)19-8)13-15-12(7-18-3)17(2)16-13/h4-6H,7H2,1-3H3. The Hall–Kier alpha value is -1.79. The van der Waals surface area contributed by atoms with Crippen LogP contribution in [0.3, 0.4) is 0 Å². The molecule has 0 N–H and O–H groups in total. The smallest absolute Gasteiger partial charge is 0.181 e. The highest BCUT2D eigenvalue weighted by atomic mass is 32.1. The summed E-state index contributed by atoms with van der Waals surface area (Å²) in [5, 5.41) is 5.48. The van der Waals surface area contributed by atoms with Crippen LogP contribution < -0.4 is 0 Å². The first kappa shape index (κ1) is 12.3. The van der Waals surface area contributed by atoms with Gasteiger partial charge in [0.1, 0.15) is 6.61 Å². The van der Waals surface area contributed by atoms with Crippen LogP contribution in [0.2, 0.25) is 0 Å². The van der Waals surface area contributed by atoms with E-state index in [1.54, 1.807) is 23.1 Å².